The smallest absolute Gasteiger partial charge is 0.0229 e. The summed E-state index contributed by atoms with van der Waals surface area (Å²) >= 11 is 0. The molecule has 1 heterocycles. The van der Waals surface area contributed by atoms with E-state index in [0.717, 1.165) is 0 Å². The highest BCUT2D eigenvalue weighted by molar-refractivity contribution is 7.13. The summed E-state index contributed by atoms with van der Waals surface area (Å²) < 4.78 is 2.32. The molecular formula is C6H15N2P. The van der Waals surface area contributed by atoms with Crippen molar-refractivity contribution in [1.82, 2.24) is 9.57 Å². The average Bonchev–Trinajstić information content (AvgIpc) is 1.80. The molecule has 2 atom stereocenters. The first-order valence-corrected chi connectivity index (χ1v) is 3.91. The van der Waals surface area contributed by atoms with Gasteiger partial charge >= 0.3 is 0 Å². The minimum absolute atomic E-state index is 0.703. The zero-order valence-electron chi connectivity index (χ0n) is 6.17. The van der Waals surface area contributed by atoms with E-state index in [2.05, 4.69) is 32.9 Å². The Kier molecular flexibility index (Phi) is 2.45. The Hall–Kier alpha value is 0.350. The molecule has 0 N–H and O–H groups in total. The summed E-state index contributed by atoms with van der Waals surface area (Å²) in [7, 11) is 4.94. The Bertz CT molecular complexity index is 97.1. The second-order valence-electron chi connectivity index (χ2n) is 2.85. The molecule has 0 saturated carbocycles. The Morgan fingerprint density at radius 2 is 2.11 bits per heavy atom. The summed E-state index contributed by atoms with van der Waals surface area (Å²) in [6.45, 7) is 5.84. The van der Waals surface area contributed by atoms with Crippen LogP contribution in [0.15, 0.2) is 0 Å². The van der Waals surface area contributed by atoms with Crippen molar-refractivity contribution in [2.45, 2.75) is 13.0 Å². The minimum atomic E-state index is 0.703. The van der Waals surface area contributed by atoms with E-state index in [1.54, 1.807) is 0 Å². The van der Waals surface area contributed by atoms with Crippen LogP contribution in [0.5, 0.6) is 0 Å². The van der Waals surface area contributed by atoms with Crippen molar-refractivity contribution in [2.75, 3.05) is 26.7 Å². The van der Waals surface area contributed by atoms with E-state index in [1.165, 1.54) is 19.6 Å². The maximum atomic E-state index is 2.77. The quantitative estimate of drug-likeness (QED) is 0.457. The topological polar surface area (TPSA) is 6.48 Å². The fourth-order valence-electron chi connectivity index (χ4n) is 1.15. The van der Waals surface area contributed by atoms with Gasteiger partial charge in [0.15, 0.2) is 0 Å². The van der Waals surface area contributed by atoms with Crippen molar-refractivity contribution in [1.29, 1.82) is 0 Å². The minimum Gasteiger partial charge on any atom is -0.304 e. The first-order valence-electron chi connectivity index (χ1n) is 3.40. The first-order chi connectivity index (χ1) is 4.20. The van der Waals surface area contributed by atoms with Crippen LogP contribution in [-0.4, -0.2) is 42.3 Å². The van der Waals surface area contributed by atoms with Crippen LogP contribution in [-0.2, 0) is 0 Å². The van der Waals surface area contributed by atoms with Crippen LogP contribution in [0.25, 0.3) is 0 Å². The van der Waals surface area contributed by atoms with Crippen LogP contribution in [0.2, 0.25) is 0 Å². The molecule has 54 valence electrons. The Morgan fingerprint density at radius 3 is 2.56 bits per heavy atom. The molecule has 0 aromatic carbocycles. The summed E-state index contributed by atoms with van der Waals surface area (Å²) in [6, 6.07) is 0.703. The predicted molar refractivity (Wildman–Crippen MR) is 43.4 cm³/mol. The number of likely N-dealkylation sites (N-methyl/N-ethyl adjacent to an activating group) is 1. The Balaban J connectivity index is 2.35. The highest BCUT2D eigenvalue weighted by atomic mass is 31.0. The van der Waals surface area contributed by atoms with Gasteiger partial charge in [-0.05, 0) is 14.0 Å². The van der Waals surface area contributed by atoms with Gasteiger partial charge in [-0.3, -0.25) is 4.67 Å². The van der Waals surface area contributed by atoms with E-state index >= 15 is 0 Å². The van der Waals surface area contributed by atoms with Crippen LogP contribution < -0.4 is 0 Å². The zero-order valence-corrected chi connectivity index (χ0v) is 7.33. The zero-order chi connectivity index (χ0) is 6.85. The third kappa shape index (κ3) is 1.89. The van der Waals surface area contributed by atoms with E-state index in [1.807, 2.05) is 0 Å². The van der Waals surface area contributed by atoms with Gasteiger partial charge in [-0.25, -0.2) is 0 Å². The van der Waals surface area contributed by atoms with Gasteiger partial charge in [-0.15, -0.1) is 0 Å². The van der Waals surface area contributed by atoms with Crippen molar-refractivity contribution in [3.05, 3.63) is 0 Å². The number of rotatable bonds is 0. The highest BCUT2D eigenvalue weighted by Gasteiger charge is 2.16. The lowest BCUT2D eigenvalue weighted by atomic mass is 10.2. The molecule has 9 heavy (non-hydrogen) atoms. The third-order valence-corrected chi connectivity index (χ3v) is 2.65. The SMILES string of the molecule is CC1CN(C)CCN1P. The summed E-state index contributed by atoms with van der Waals surface area (Å²) in [5.74, 6) is 0. The monoisotopic (exact) mass is 146 g/mol. The fourth-order valence-corrected chi connectivity index (χ4v) is 1.36. The van der Waals surface area contributed by atoms with E-state index in [-0.39, 0.29) is 0 Å². The van der Waals surface area contributed by atoms with Gasteiger partial charge < -0.3 is 4.90 Å². The first kappa shape index (κ1) is 7.46. The second-order valence-corrected chi connectivity index (χ2v) is 3.51. The molecule has 1 saturated heterocycles. The summed E-state index contributed by atoms with van der Waals surface area (Å²) in [5.41, 5.74) is 0. The molecule has 1 rings (SSSR count). The Labute approximate surface area is 59.5 Å². The fraction of sp³-hybridized carbons (Fsp3) is 1.00. The summed E-state index contributed by atoms with van der Waals surface area (Å²) in [4.78, 5) is 2.37. The van der Waals surface area contributed by atoms with Crippen LogP contribution in [0.4, 0.5) is 0 Å². The van der Waals surface area contributed by atoms with Crippen LogP contribution in [0.1, 0.15) is 6.92 Å². The maximum absolute atomic E-state index is 2.77. The van der Waals surface area contributed by atoms with Gasteiger partial charge in [0.05, 0.1) is 0 Å². The number of hydrogen-bond donors (Lipinski definition) is 0. The lowest BCUT2D eigenvalue weighted by molar-refractivity contribution is 0.180. The lowest BCUT2D eigenvalue weighted by Crippen LogP contribution is -2.45. The molecule has 0 spiro atoms. The van der Waals surface area contributed by atoms with Gasteiger partial charge in [0, 0.05) is 25.7 Å². The molecule has 0 aromatic heterocycles. The average molecular weight is 146 g/mol. The van der Waals surface area contributed by atoms with Crippen molar-refractivity contribution >= 4 is 9.39 Å². The van der Waals surface area contributed by atoms with E-state index in [4.69, 9.17) is 0 Å². The third-order valence-electron chi connectivity index (χ3n) is 1.88. The van der Waals surface area contributed by atoms with Crippen molar-refractivity contribution in [3.8, 4) is 0 Å². The predicted octanol–water partition coefficient (Wildman–Crippen LogP) is 0.412. The molecule has 1 fully saturated rings. The van der Waals surface area contributed by atoms with Crippen LogP contribution in [0.3, 0.4) is 0 Å². The molecule has 3 heteroatoms. The van der Waals surface area contributed by atoms with Gasteiger partial charge in [-0.2, -0.15) is 0 Å². The van der Waals surface area contributed by atoms with Crippen molar-refractivity contribution < 1.29 is 0 Å². The molecule has 1 aliphatic rings. The largest absolute Gasteiger partial charge is 0.304 e. The molecule has 0 aromatic rings. The van der Waals surface area contributed by atoms with E-state index in [0.29, 0.717) is 6.04 Å². The molecule has 0 amide bonds. The number of hydrogen-bond acceptors (Lipinski definition) is 2. The molecule has 2 nitrogen and oxygen atoms in total. The van der Waals surface area contributed by atoms with E-state index in [9.17, 15) is 0 Å². The molecule has 0 radical (unpaired) electrons. The Morgan fingerprint density at radius 1 is 1.44 bits per heavy atom. The molecule has 0 bridgehead atoms. The number of piperazine rings is 1. The lowest BCUT2D eigenvalue weighted by Gasteiger charge is -2.35. The van der Waals surface area contributed by atoms with Crippen molar-refractivity contribution in [2.24, 2.45) is 0 Å². The van der Waals surface area contributed by atoms with Crippen LogP contribution in [0, 0.1) is 0 Å². The molecule has 0 aliphatic carbocycles. The molecular weight excluding hydrogens is 131 g/mol. The highest BCUT2D eigenvalue weighted by Crippen LogP contribution is 2.11. The summed E-state index contributed by atoms with van der Waals surface area (Å²) in [6.07, 6.45) is 0. The van der Waals surface area contributed by atoms with E-state index < -0.39 is 0 Å². The van der Waals surface area contributed by atoms with Crippen molar-refractivity contribution in [3.63, 3.8) is 0 Å². The van der Waals surface area contributed by atoms with Gasteiger partial charge in [0.25, 0.3) is 0 Å². The standard InChI is InChI=1S/C6H15N2P/c1-6-5-7(2)3-4-8(6)9/h6H,3-5,9H2,1-2H3. The molecule has 1 aliphatic heterocycles. The van der Waals surface area contributed by atoms with Gasteiger partial charge in [-0.1, -0.05) is 9.39 Å². The van der Waals surface area contributed by atoms with Gasteiger partial charge in [0.2, 0.25) is 0 Å². The van der Waals surface area contributed by atoms with Gasteiger partial charge in [0.1, 0.15) is 0 Å². The molecule has 2 unspecified atom stereocenters. The second kappa shape index (κ2) is 2.96. The summed E-state index contributed by atoms with van der Waals surface area (Å²) in [5, 5.41) is 0. The van der Waals surface area contributed by atoms with Crippen LogP contribution >= 0.6 is 9.39 Å². The normalized spacial score (nSPS) is 33.0. The maximum Gasteiger partial charge on any atom is 0.0229 e. The number of nitrogens with zero attached hydrogens (tertiary/aromatic N) is 2.